The quantitative estimate of drug-likeness (QED) is 0.734. The van der Waals surface area contributed by atoms with Gasteiger partial charge in [-0.3, -0.25) is 4.79 Å². The average molecular weight is 200 g/mol. The number of carbonyl (C=O) groups excluding carboxylic acids is 1. The van der Waals surface area contributed by atoms with Gasteiger partial charge in [-0.15, -0.1) is 0 Å². The molecule has 0 saturated carbocycles. The molecule has 1 aromatic rings. The third kappa shape index (κ3) is 1.72. The van der Waals surface area contributed by atoms with Crippen molar-refractivity contribution in [1.82, 2.24) is 0 Å². The van der Waals surface area contributed by atoms with Crippen molar-refractivity contribution in [2.75, 3.05) is 0 Å². The first-order valence-electron chi connectivity index (χ1n) is 3.90. The van der Waals surface area contributed by atoms with Crippen molar-refractivity contribution in [3.63, 3.8) is 0 Å². The van der Waals surface area contributed by atoms with Crippen molar-refractivity contribution >= 4 is 5.91 Å². The van der Waals surface area contributed by atoms with Crippen LogP contribution in [0.2, 0.25) is 0 Å². The first-order valence-corrected chi connectivity index (χ1v) is 3.90. The second kappa shape index (κ2) is 3.34. The van der Waals surface area contributed by atoms with Gasteiger partial charge in [-0.1, -0.05) is 0 Å². The van der Waals surface area contributed by atoms with E-state index in [2.05, 4.69) is 0 Å². The molecule has 76 valence electrons. The molecule has 4 N–H and O–H groups in total. The third-order valence-corrected chi connectivity index (χ3v) is 2.00. The number of rotatable bonds is 2. The van der Waals surface area contributed by atoms with E-state index in [1.54, 1.807) is 0 Å². The highest BCUT2D eigenvalue weighted by Gasteiger charge is 2.31. The van der Waals surface area contributed by atoms with Crippen LogP contribution in [-0.2, 0) is 10.3 Å². The summed E-state index contributed by atoms with van der Waals surface area (Å²) in [5.74, 6) is -2.34. The fourth-order valence-electron chi connectivity index (χ4n) is 1.03. The van der Waals surface area contributed by atoms with Gasteiger partial charge in [0.05, 0.1) is 0 Å². The van der Waals surface area contributed by atoms with Gasteiger partial charge in [-0.2, -0.15) is 0 Å². The summed E-state index contributed by atoms with van der Waals surface area (Å²) < 4.78 is 25.9. The maximum absolute atomic E-state index is 13.2. The second-order valence-electron chi connectivity index (χ2n) is 3.19. The van der Waals surface area contributed by atoms with Gasteiger partial charge in [0.2, 0.25) is 5.91 Å². The van der Waals surface area contributed by atoms with E-state index in [0.29, 0.717) is 0 Å². The zero-order valence-corrected chi connectivity index (χ0v) is 7.55. The molecule has 0 aromatic heterocycles. The smallest absolute Gasteiger partial charge is 0.241 e. The zero-order valence-electron chi connectivity index (χ0n) is 7.55. The summed E-state index contributed by atoms with van der Waals surface area (Å²) in [5.41, 5.74) is 8.49. The average Bonchev–Trinajstić information content (AvgIpc) is 2.08. The highest BCUT2D eigenvalue weighted by atomic mass is 19.1. The van der Waals surface area contributed by atoms with Crippen molar-refractivity contribution in [3.8, 4) is 0 Å². The summed E-state index contributed by atoms with van der Waals surface area (Å²) in [4.78, 5) is 10.9. The molecule has 5 heteroatoms. The summed E-state index contributed by atoms with van der Waals surface area (Å²) >= 11 is 0. The molecule has 0 aliphatic carbocycles. The molecule has 0 spiro atoms. The first-order chi connectivity index (χ1) is 6.35. The van der Waals surface area contributed by atoms with Crippen LogP contribution < -0.4 is 11.5 Å². The van der Waals surface area contributed by atoms with E-state index in [-0.39, 0.29) is 5.56 Å². The fraction of sp³-hybridized carbons (Fsp3) is 0.222. The number of hydrogen-bond donors (Lipinski definition) is 2. The largest absolute Gasteiger partial charge is 0.368 e. The topological polar surface area (TPSA) is 69.1 Å². The van der Waals surface area contributed by atoms with Crippen LogP contribution in [0.25, 0.3) is 0 Å². The summed E-state index contributed by atoms with van der Waals surface area (Å²) in [6.45, 7) is 1.23. The Balaban J connectivity index is 3.31. The predicted molar refractivity (Wildman–Crippen MR) is 47.1 cm³/mol. The second-order valence-corrected chi connectivity index (χ2v) is 3.19. The van der Waals surface area contributed by atoms with Crippen LogP contribution in [0, 0.1) is 11.6 Å². The molecule has 1 atom stereocenters. The van der Waals surface area contributed by atoms with Crippen LogP contribution in [0.3, 0.4) is 0 Å². The number of nitrogens with two attached hydrogens (primary N) is 2. The lowest BCUT2D eigenvalue weighted by atomic mass is 9.92. The Bertz CT molecular complexity index is 377. The molecular formula is C9H10F2N2O. The number of primary amides is 1. The number of benzene rings is 1. The summed E-state index contributed by atoms with van der Waals surface area (Å²) in [6.07, 6.45) is 0. The molecule has 0 aliphatic heterocycles. The highest BCUT2D eigenvalue weighted by molar-refractivity contribution is 5.85. The molecule has 0 radical (unpaired) electrons. The Kier molecular flexibility index (Phi) is 2.53. The minimum atomic E-state index is -1.70. The summed E-state index contributed by atoms with van der Waals surface area (Å²) in [7, 11) is 0. The fourth-order valence-corrected chi connectivity index (χ4v) is 1.03. The van der Waals surface area contributed by atoms with Gasteiger partial charge in [0, 0.05) is 5.56 Å². The Hall–Kier alpha value is -1.49. The molecule has 0 bridgehead atoms. The lowest BCUT2D eigenvalue weighted by Crippen LogP contribution is -2.47. The van der Waals surface area contributed by atoms with E-state index in [1.165, 1.54) is 6.92 Å². The highest BCUT2D eigenvalue weighted by Crippen LogP contribution is 2.21. The van der Waals surface area contributed by atoms with Crippen LogP contribution in [0.5, 0.6) is 0 Å². The van der Waals surface area contributed by atoms with E-state index in [1.807, 2.05) is 0 Å². The minimum absolute atomic E-state index is 0.245. The van der Waals surface area contributed by atoms with Gasteiger partial charge in [-0.05, 0) is 25.1 Å². The van der Waals surface area contributed by atoms with E-state index < -0.39 is 23.1 Å². The number of hydrogen-bond acceptors (Lipinski definition) is 2. The van der Waals surface area contributed by atoms with Gasteiger partial charge in [0.25, 0.3) is 0 Å². The molecule has 3 nitrogen and oxygen atoms in total. The maximum Gasteiger partial charge on any atom is 0.241 e. The molecule has 0 heterocycles. The van der Waals surface area contributed by atoms with Gasteiger partial charge in [0.1, 0.15) is 17.2 Å². The van der Waals surface area contributed by atoms with Crippen molar-refractivity contribution in [3.05, 3.63) is 35.4 Å². The van der Waals surface area contributed by atoms with Crippen LogP contribution in [0.1, 0.15) is 12.5 Å². The first kappa shape index (κ1) is 10.6. The standard InChI is InChI=1S/C9H10F2N2O/c1-9(13,8(12)14)6-4-5(10)2-3-7(6)11/h2-4H,13H2,1H3,(H2,12,14). The van der Waals surface area contributed by atoms with Crippen molar-refractivity contribution in [1.29, 1.82) is 0 Å². The van der Waals surface area contributed by atoms with E-state index >= 15 is 0 Å². The number of halogens is 2. The monoisotopic (exact) mass is 200 g/mol. The van der Waals surface area contributed by atoms with Crippen LogP contribution in [-0.4, -0.2) is 5.91 Å². The summed E-state index contributed by atoms with van der Waals surface area (Å²) in [5, 5.41) is 0. The van der Waals surface area contributed by atoms with Crippen molar-refractivity contribution < 1.29 is 13.6 Å². The van der Waals surface area contributed by atoms with E-state index in [0.717, 1.165) is 18.2 Å². The predicted octanol–water partition coefficient (Wildman–Crippen LogP) is 0.624. The molecule has 1 unspecified atom stereocenters. The maximum atomic E-state index is 13.2. The van der Waals surface area contributed by atoms with Crippen molar-refractivity contribution in [2.24, 2.45) is 11.5 Å². The zero-order chi connectivity index (χ0) is 10.9. The summed E-state index contributed by atoms with van der Waals surface area (Å²) in [6, 6.07) is 2.70. The van der Waals surface area contributed by atoms with Crippen molar-refractivity contribution in [2.45, 2.75) is 12.5 Å². The normalized spacial score (nSPS) is 14.9. The van der Waals surface area contributed by atoms with E-state index in [9.17, 15) is 13.6 Å². The molecule has 0 fully saturated rings. The Morgan fingerprint density at radius 3 is 2.50 bits per heavy atom. The molecule has 0 saturated heterocycles. The van der Waals surface area contributed by atoms with Gasteiger partial charge in [0.15, 0.2) is 0 Å². The Labute approximate surface area is 79.7 Å². The lowest BCUT2D eigenvalue weighted by Gasteiger charge is -2.21. The van der Waals surface area contributed by atoms with Gasteiger partial charge in [-0.25, -0.2) is 8.78 Å². The molecule has 1 amide bonds. The lowest BCUT2D eigenvalue weighted by molar-refractivity contribution is -0.122. The Morgan fingerprint density at radius 1 is 1.43 bits per heavy atom. The molecule has 1 aromatic carbocycles. The minimum Gasteiger partial charge on any atom is -0.368 e. The molecule has 1 rings (SSSR count). The number of amides is 1. The van der Waals surface area contributed by atoms with Crippen LogP contribution in [0.15, 0.2) is 18.2 Å². The van der Waals surface area contributed by atoms with Crippen LogP contribution >= 0.6 is 0 Å². The van der Waals surface area contributed by atoms with Gasteiger partial charge < -0.3 is 11.5 Å². The van der Waals surface area contributed by atoms with Crippen LogP contribution in [0.4, 0.5) is 8.78 Å². The molecule has 0 aliphatic rings. The number of carbonyl (C=O) groups is 1. The molecule has 14 heavy (non-hydrogen) atoms. The molecular weight excluding hydrogens is 190 g/mol. The third-order valence-electron chi connectivity index (χ3n) is 2.00. The SMILES string of the molecule is CC(N)(C(N)=O)c1cc(F)ccc1F. The van der Waals surface area contributed by atoms with E-state index in [4.69, 9.17) is 11.5 Å². The Morgan fingerprint density at radius 2 is 2.00 bits per heavy atom. The van der Waals surface area contributed by atoms with Gasteiger partial charge >= 0.3 is 0 Å².